The average molecular weight is 275 g/mol. The van der Waals surface area contributed by atoms with E-state index < -0.39 is 5.97 Å². The molecule has 1 N–H and O–H groups in total. The van der Waals surface area contributed by atoms with Crippen molar-refractivity contribution in [2.24, 2.45) is 0 Å². The number of hydrogen-bond acceptors (Lipinski definition) is 1. The number of carbonyl (C=O) groups is 1. The lowest BCUT2D eigenvalue weighted by Gasteiger charge is -2.07. The lowest BCUT2D eigenvalue weighted by atomic mass is 9.99. The molecule has 0 aliphatic carbocycles. The molecule has 0 radical (unpaired) electrons. The molecule has 0 heterocycles. The number of aryl methyl sites for hydroxylation is 1. The Hall–Kier alpha value is -1.80. The second-order valence-corrected chi connectivity index (χ2v) is 4.92. The highest BCUT2D eigenvalue weighted by molar-refractivity contribution is 6.31. The van der Waals surface area contributed by atoms with Gasteiger partial charge in [-0.3, -0.25) is 0 Å². The first-order valence-corrected chi connectivity index (χ1v) is 6.61. The quantitative estimate of drug-likeness (QED) is 0.880. The van der Waals surface area contributed by atoms with Crippen LogP contribution in [0.25, 0.3) is 11.1 Å². The molecular weight excluding hydrogens is 260 g/mol. The predicted molar refractivity (Wildman–Crippen MR) is 77.8 cm³/mol. The number of carboxylic acid groups (broad SMARTS) is 1. The molecule has 0 saturated carbocycles. The molecule has 0 aliphatic rings. The third-order valence-corrected chi connectivity index (χ3v) is 3.16. The number of aromatic carboxylic acids is 1. The van der Waals surface area contributed by atoms with Crippen LogP contribution in [0.4, 0.5) is 0 Å². The first kappa shape index (κ1) is 13.6. The van der Waals surface area contributed by atoms with Gasteiger partial charge in [0.05, 0.1) is 5.56 Å². The summed E-state index contributed by atoms with van der Waals surface area (Å²) in [7, 11) is 0. The van der Waals surface area contributed by atoms with Gasteiger partial charge in [-0.1, -0.05) is 49.2 Å². The van der Waals surface area contributed by atoms with E-state index >= 15 is 0 Å². The summed E-state index contributed by atoms with van der Waals surface area (Å²) in [5.74, 6) is -0.964. The van der Waals surface area contributed by atoms with E-state index in [0.29, 0.717) is 5.02 Å². The standard InChI is InChI=1S/C16H15ClO2/c1-2-4-11-5-3-6-12(7-11)13-8-14(16(18)19)10-15(17)9-13/h3,5-10H,2,4H2,1H3,(H,18,19). The van der Waals surface area contributed by atoms with Crippen LogP contribution in [-0.2, 0) is 6.42 Å². The summed E-state index contributed by atoms with van der Waals surface area (Å²) in [4.78, 5) is 11.0. The van der Waals surface area contributed by atoms with Crippen LogP contribution in [0.5, 0.6) is 0 Å². The minimum atomic E-state index is -0.964. The van der Waals surface area contributed by atoms with Crippen molar-refractivity contribution in [3.05, 3.63) is 58.6 Å². The van der Waals surface area contributed by atoms with Crippen molar-refractivity contribution < 1.29 is 9.90 Å². The Labute approximate surface area is 117 Å². The fourth-order valence-electron chi connectivity index (χ4n) is 2.07. The molecule has 0 bridgehead atoms. The van der Waals surface area contributed by atoms with Crippen molar-refractivity contribution in [2.45, 2.75) is 19.8 Å². The number of carboxylic acids is 1. The lowest BCUT2D eigenvalue weighted by Crippen LogP contribution is -1.96. The van der Waals surface area contributed by atoms with Gasteiger partial charge in [-0.15, -0.1) is 0 Å². The molecule has 0 unspecified atom stereocenters. The Kier molecular flexibility index (Phi) is 4.23. The molecule has 19 heavy (non-hydrogen) atoms. The molecule has 0 fully saturated rings. The summed E-state index contributed by atoms with van der Waals surface area (Å²) < 4.78 is 0. The topological polar surface area (TPSA) is 37.3 Å². The van der Waals surface area contributed by atoms with Gasteiger partial charge >= 0.3 is 5.97 Å². The van der Waals surface area contributed by atoms with Gasteiger partial charge in [-0.25, -0.2) is 4.79 Å². The molecule has 2 aromatic rings. The van der Waals surface area contributed by atoms with Crippen molar-refractivity contribution in [3.8, 4) is 11.1 Å². The third kappa shape index (κ3) is 3.36. The first-order chi connectivity index (χ1) is 9.10. The average Bonchev–Trinajstić information content (AvgIpc) is 2.38. The molecule has 0 amide bonds. The van der Waals surface area contributed by atoms with E-state index in [0.717, 1.165) is 24.0 Å². The Morgan fingerprint density at radius 3 is 2.63 bits per heavy atom. The normalized spacial score (nSPS) is 10.4. The van der Waals surface area contributed by atoms with Crippen LogP contribution in [0.2, 0.25) is 5.02 Å². The zero-order valence-electron chi connectivity index (χ0n) is 10.7. The second-order valence-electron chi connectivity index (χ2n) is 4.48. The van der Waals surface area contributed by atoms with E-state index in [1.165, 1.54) is 11.6 Å². The van der Waals surface area contributed by atoms with Gasteiger partial charge in [-0.05, 0) is 41.3 Å². The van der Waals surface area contributed by atoms with E-state index in [1.54, 1.807) is 12.1 Å². The summed E-state index contributed by atoms with van der Waals surface area (Å²) in [6.45, 7) is 2.13. The summed E-state index contributed by atoms with van der Waals surface area (Å²) >= 11 is 5.98. The zero-order valence-corrected chi connectivity index (χ0v) is 11.4. The van der Waals surface area contributed by atoms with Gasteiger partial charge < -0.3 is 5.11 Å². The summed E-state index contributed by atoms with van der Waals surface area (Å²) in [6.07, 6.45) is 2.10. The van der Waals surface area contributed by atoms with Crippen molar-refractivity contribution in [1.82, 2.24) is 0 Å². The molecule has 0 atom stereocenters. The predicted octanol–water partition coefficient (Wildman–Crippen LogP) is 4.66. The van der Waals surface area contributed by atoms with Crippen LogP contribution in [0.3, 0.4) is 0 Å². The number of benzene rings is 2. The smallest absolute Gasteiger partial charge is 0.335 e. The Morgan fingerprint density at radius 2 is 1.95 bits per heavy atom. The molecule has 2 rings (SSSR count). The van der Waals surface area contributed by atoms with Crippen molar-refractivity contribution in [2.75, 3.05) is 0 Å². The molecule has 2 aromatic carbocycles. The van der Waals surface area contributed by atoms with E-state index in [-0.39, 0.29) is 5.56 Å². The molecule has 3 heteroatoms. The van der Waals surface area contributed by atoms with Crippen LogP contribution in [0, 0.1) is 0 Å². The van der Waals surface area contributed by atoms with Crippen LogP contribution in [-0.4, -0.2) is 11.1 Å². The summed E-state index contributed by atoms with van der Waals surface area (Å²) in [5.41, 5.74) is 3.29. The Morgan fingerprint density at radius 1 is 1.16 bits per heavy atom. The molecule has 0 saturated heterocycles. The van der Waals surface area contributed by atoms with Crippen molar-refractivity contribution in [1.29, 1.82) is 0 Å². The van der Waals surface area contributed by atoms with Crippen molar-refractivity contribution >= 4 is 17.6 Å². The molecular formula is C16H15ClO2. The maximum atomic E-state index is 11.0. The maximum absolute atomic E-state index is 11.0. The van der Waals surface area contributed by atoms with E-state index in [9.17, 15) is 4.79 Å². The fraction of sp³-hybridized carbons (Fsp3) is 0.188. The summed E-state index contributed by atoms with van der Waals surface area (Å²) in [5, 5.41) is 9.50. The lowest BCUT2D eigenvalue weighted by molar-refractivity contribution is 0.0697. The van der Waals surface area contributed by atoms with Gasteiger partial charge in [0.25, 0.3) is 0 Å². The second kappa shape index (κ2) is 5.89. The van der Waals surface area contributed by atoms with Gasteiger partial charge in [0.1, 0.15) is 0 Å². The Balaban J connectivity index is 2.46. The van der Waals surface area contributed by atoms with Gasteiger partial charge in [0.2, 0.25) is 0 Å². The van der Waals surface area contributed by atoms with Gasteiger partial charge in [0.15, 0.2) is 0 Å². The Bertz CT molecular complexity index is 605. The van der Waals surface area contributed by atoms with Crippen LogP contribution in [0.15, 0.2) is 42.5 Å². The first-order valence-electron chi connectivity index (χ1n) is 6.23. The number of halogens is 1. The van der Waals surface area contributed by atoms with Crippen LogP contribution >= 0.6 is 11.6 Å². The fourth-order valence-corrected chi connectivity index (χ4v) is 2.31. The van der Waals surface area contributed by atoms with E-state index in [1.807, 2.05) is 12.1 Å². The monoisotopic (exact) mass is 274 g/mol. The highest BCUT2D eigenvalue weighted by Gasteiger charge is 2.08. The van der Waals surface area contributed by atoms with Gasteiger partial charge in [-0.2, -0.15) is 0 Å². The highest BCUT2D eigenvalue weighted by atomic mass is 35.5. The minimum Gasteiger partial charge on any atom is -0.478 e. The molecule has 2 nitrogen and oxygen atoms in total. The largest absolute Gasteiger partial charge is 0.478 e. The molecule has 0 aromatic heterocycles. The van der Waals surface area contributed by atoms with E-state index in [2.05, 4.69) is 19.1 Å². The minimum absolute atomic E-state index is 0.211. The number of rotatable bonds is 4. The molecule has 0 aliphatic heterocycles. The number of hydrogen-bond donors (Lipinski definition) is 1. The van der Waals surface area contributed by atoms with Crippen molar-refractivity contribution in [3.63, 3.8) is 0 Å². The van der Waals surface area contributed by atoms with Crippen LogP contribution in [0.1, 0.15) is 29.3 Å². The SMILES string of the molecule is CCCc1cccc(-c2cc(Cl)cc(C(=O)O)c2)c1. The zero-order chi connectivity index (χ0) is 13.8. The molecule has 0 spiro atoms. The van der Waals surface area contributed by atoms with Crippen LogP contribution < -0.4 is 0 Å². The van der Waals surface area contributed by atoms with E-state index in [4.69, 9.17) is 16.7 Å². The maximum Gasteiger partial charge on any atom is 0.335 e. The third-order valence-electron chi connectivity index (χ3n) is 2.94. The van der Waals surface area contributed by atoms with Gasteiger partial charge in [0, 0.05) is 5.02 Å². The summed E-state index contributed by atoms with van der Waals surface area (Å²) in [6, 6.07) is 13.0. The highest BCUT2D eigenvalue weighted by Crippen LogP contribution is 2.26. The molecule has 98 valence electrons.